The number of hydrogen-bond donors (Lipinski definition) is 2. The van der Waals surface area contributed by atoms with Crippen LogP contribution in [0.25, 0.3) is 0 Å². The number of anilines is 1. The molecule has 1 aliphatic heterocycles. The van der Waals surface area contributed by atoms with Crippen LogP contribution in [0.5, 0.6) is 0 Å². The highest BCUT2D eigenvalue weighted by Crippen LogP contribution is 2.12. The second-order valence-electron chi connectivity index (χ2n) is 3.68. The lowest BCUT2D eigenvalue weighted by Crippen LogP contribution is -2.18. The summed E-state index contributed by atoms with van der Waals surface area (Å²) in [5.41, 5.74) is 3.78. The smallest absolute Gasteiger partial charge is 0.139 e. The molecule has 3 N–H and O–H groups in total. The second-order valence-corrected chi connectivity index (χ2v) is 3.68. The van der Waals surface area contributed by atoms with Gasteiger partial charge in [-0.2, -0.15) is 0 Å². The molecule has 0 aliphatic carbocycles. The van der Waals surface area contributed by atoms with Gasteiger partial charge in [0.05, 0.1) is 0 Å². The highest BCUT2D eigenvalue weighted by molar-refractivity contribution is 5.33. The Balaban J connectivity index is 1.95. The van der Waals surface area contributed by atoms with Gasteiger partial charge in [-0.1, -0.05) is 6.07 Å². The maximum Gasteiger partial charge on any atom is 0.139 e. The average molecular weight is 192 g/mol. The molecule has 2 rings (SSSR count). The molecule has 76 valence electrons. The maximum absolute atomic E-state index is 5.24. The van der Waals surface area contributed by atoms with E-state index in [0.29, 0.717) is 0 Å². The maximum atomic E-state index is 5.24. The third kappa shape index (κ3) is 2.21. The molecule has 0 saturated carbocycles. The normalized spacial score (nSPS) is 17.2. The number of likely N-dealkylation sites (tertiary alicyclic amines) is 1. The Hall–Kier alpha value is -1.13. The number of aromatic nitrogens is 1. The number of pyridine rings is 1. The van der Waals surface area contributed by atoms with Crippen LogP contribution in [0.1, 0.15) is 18.4 Å². The van der Waals surface area contributed by atoms with Crippen LogP contribution in [0.4, 0.5) is 5.82 Å². The Labute approximate surface area is 84.1 Å². The molecule has 4 nitrogen and oxygen atoms in total. The molecule has 0 bridgehead atoms. The molecule has 1 aromatic rings. The minimum absolute atomic E-state index is 0.718. The van der Waals surface area contributed by atoms with Crippen molar-refractivity contribution in [3.63, 3.8) is 0 Å². The van der Waals surface area contributed by atoms with Crippen LogP contribution in [-0.2, 0) is 6.54 Å². The summed E-state index contributed by atoms with van der Waals surface area (Å²) in [7, 11) is 0. The summed E-state index contributed by atoms with van der Waals surface area (Å²) >= 11 is 0. The van der Waals surface area contributed by atoms with Crippen molar-refractivity contribution >= 4 is 5.82 Å². The van der Waals surface area contributed by atoms with E-state index in [9.17, 15) is 0 Å². The lowest BCUT2D eigenvalue weighted by molar-refractivity contribution is 0.331. The minimum Gasteiger partial charge on any atom is -0.308 e. The van der Waals surface area contributed by atoms with Crippen molar-refractivity contribution in [2.45, 2.75) is 19.4 Å². The van der Waals surface area contributed by atoms with Crippen LogP contribution in [-0.4, -0.2) is 23.0 Å². The van der Waals surface area contributed by atoms with E-state index in [4.69, 9.17) is 5.84 Å². The number of hydrogen-bond acceptors (Lipinski definition) is 4. The van der Waals surface area contributed by atoms with Crippen LogP contribution in [0.15, 0.2) is 18.3 Å². The number of hydrazine groups is 1. The van der Waals surface area contributed by atoms with Gasteiger partial charge in [0.1, 0.15) is 5.82 Å². The van der Waals surface area contributed by atoms with Gasteiger partial charge < -0.3 is 5.43 Å². The van der Waals surface area contributed by atoms with E-state index in [0.717, 1.165) is 12.4 Å². The molecule has 0 atom stereocenters. The number of nitrogen functional groups attached to an aromatic ring is 1. The van der Waals surface area contributed by atoms with Crippen molar-refractivity contribution in [2.24, 2.45) is 5.84 Å². The molecule has 1 aromatic heterocycles. The Bertz CT molecular complexity index is 277. The van der Waals surface area contributed by atoms with Crippen molar-refractivity contribution in [1.29, 1.82) is 0 Å². The van der Waals surface area contributed by atoms with E-state index in [-0.39, 0.29) is 0 Å². The van der Waals surface area contributed by atoms with Crippen molar-refractivity contribution in [2.75, 3.05) is 18.5 Å². The predicted octanol–water partition coefficient (Wildman–Crippen LogP) is 0.963. The number of rotatable bonds is 3. The molecule has 4 heteroatoms. The Kier molecular flexibility index (Phi) is 2.96. The van der Waals surface area contributed by atoms with Crippen molar-refractivity contribution < 1.29 is 0 Å². The average Bonchev–Trinajstić information content (AvgIpc) is 2.72. The third-order valence-electron chi connectivity index (χ3n) is 2.58. The highest BCUT2D eigenvalue weighted by Gasteiger charge is 2.11. The fourth-order valence-corrected chi connectivity index (χ4v) is 1.80. The third-order valence-corrected chi connectivity index (χ3v) is 2.58. The second kappa shape index (κ2) is 4.39. The van der Waals surface area contributed by atoms with E-state index >= 15 is 0 Å². The van der Waals surface area contributed by atoms with Crippen LogP contribution in [0.2, 0.25) is 0 Å². The summed E-state index contributed by atoms with van der Waals surface area (Å²) < 4.78 is 0. The van der Waals surface area contributed by atoms with E-state index in [1.165, 1.54) is 31.5 Å². The molecule has 0 aromatic carbocycles. The Morgan fingerprint density at radius 1 is 1.36 bits per heavy atom. The van der Waals surface area contributed by atoms with Gasteiger partial charge in [-0.15, -0.1) is 0 Å². The van der Waals surface area contributed by atoms with Crippen LogP contribution in [0, 0.1) is 0 Å². The molecule has 0 amide bonds. The number of nitrogens with zero attached hydrogens (tertiary/aromatic N) is 2. The van der Waals surface area contributed by atoms with Gasteiger partial charge in [0, 0.05) is 12.7 Å². The first-order valence-corrected chi connectivity index (χ1v) is 5.02. The summed E-state index contributed by atoms with van der Waals surface area (Å²) in [5.74, 6) is 5.96. The number of nitrogens with two attached hydrogens (primary N) is 1. The molecule has 14 heavy (non-hydrogen) atoms. The topological polar surface area (TPSA) is 54.2 Å². The standard InChI is InChI=1S/C10H16N4/c11-13-10-4-3-9(7-12-10)8-14-5-1-2-6-14/h3-4,7H,1-2,5-6,8,11H2,(H,12,13). The Morgan fingerprint density at radius 3 is 2.71 bits per heavy atom. The molecule has 1 saturated heterocycles. The van der Waals surface area contributed by atoms with Gasteiger partial charge in [-0.3, -0.25) is 4.90 Å². The number of nitrogens with one attached hydrogen (secondary N) is 1. The van der Waals surface area contributed by atoms with E-state index in [1.54, 1.807) is 0 Å². The SMILES string of the molecule is NNc1ccc(CN2CCCC2)cn1. The highest BCUT2D eigenvalue weighted by atomic mass is 15.2. The first-order chi connectivity index (χ1) is 6.88. The fraction of sp³-hybridized carbons (Fsp3) is 0.500. The first kappa shape index (κ1) is 9.43. The Morgan fingerprint density at radius 2 is 2.14 bits per heavy atom. The van der Waals surface area contributed by atoms with Crippen molar-refractivity contribution in [1.82, 2.24) is 9.88 Å². The largest absolute Gasteiger partial charge is 0.308 e. The van der Waals surface area contributed by atoms with Gasteiger partial charge in [-0.25, -0.2) is 10.8 Å². The quantitative estimate of drug-likeness (QED) is 0.553. The zero-order valence-corrected chi connectivity index (χ0v) is 8.24. The monoisotopic (exact) mass is 192 g/mol. The molecule has 2 heterocycles. The van der Waals surface area contributed by atoms with Gasteiger partial charge in [-0.05, 0) is 37.6 Å². The fourth-order valence-electron chi connectivity index (χ4n) is 1.80. The van der Waals surface area contributed by atoms with Crippen molar-refractivity contribution in [3.8, 4) is 0 Å². The van der Waals surface area contributed by atoms with Gasteiger partial charge in [0.25, 0.3) is 0 Å². The predicted molar refractivity (Wildman–Crippen MR) is 56.6 cm³/mol. The lowest BCUT2D eigenvalue weighted by Gasteiger charge is -2.14. The summed E-state index contributed by atoms with van der Waals surface area (Å²) in [6.07, 6.45) is 4.54. The summed E-state index contributed by atoms with van der Waals surface area (Å²) in [4.78, 5) is 6.63. The molecule has 0 radical (unpaired) electrons. The summed E-state index contributed by atoms with van der Waals surface area (Å²) in [6.45, 7) is 3.45. The molecular formula is C10H16N4. The molecule has 0 spiro atoms. The zero-order valence-electron chi connectivity index (χ0n) is 8.24. The van der Waals surface area contributed by atoms with Crippen LogP contribution in [0.3, 0.4) is 0 Å². The van der Waals surface area contributed by atoms with E-state index in [1.807, 2.05) is 12.3 Å². The summed E-state index contributed by atoms with van der Waals surface area (Å²) in [6, 6.07) is 3.98. The first-order valence-electron chi connectivity index (χ1n) is 5.02. The lowest BCUT2D eigenvalue weighted by atomic mass is 10.2. The molecule has 1 fully saturated rings. The molecule has 1 aliphatic rings. The minimum atomic E-state index is 0.718. The summed E-state index contributed by atoms with van der Waals surface area (Å²) in [5, 5.41) is 0. The van der Waals surface area contributed by atoms with Gasteiger partial charge in [0.15, 0.2) is 0 Å². The van der Waals surface area contributed by atoms with E-state index in [2.05, 4.69) is 21.4 Å². The van der Waals surface area contributed by atoms with Gasteiger partial charge >= 0.3 is 0 Å². The molecule has 0 unspecified atom stereocenters. The van der Waals surface area contributed by atoms with E-state index < -0.39 is 0 Å². The van der Waals surface area contributed by atoms with Gasteiger partial charge in [0.2, 0.25) is 0 Å². The van der Waals surface area contributed by atoms with Crippen LogP contribution >= 0.6 is 0 Å². The zero-order chi connectivity index (χ0) is 9.80. The van der Waals surface area contributed by atoms with Crippen molar-refractivity contribution in [3.05, 3.63) is 23.9 Å². The molecular weight excluding hydrogens is 176 g/mol. The van der Waals surface area contributed by atoms with Crippen LogP contribution < -0.4 is 11.3 Å².